The molecular weight excluding hydrogens is 336 g/mol. The molecule has 7 heteroatoms. The number of sulfonamides is 1. The lowest BCUT2D eigenvalue weighted by Gasteiger charge is -2.11. The summed E-state index contributed by atoms with van der Waals surface area (Å²) in [5.74, 6) is 0. The van der Waals surface area contributed by atoms with Crippen molar-refractivity contribution in [1.29, 1.82) is 0 Å². The predicted octanol–water partition coefficient (Wildman–Crippen LogP) is 2.54. The van der Waals surface area contributed by atoms with Crippen LogP contribution in [0.4, 0.5) is 0 Å². The first kappa shape index (κ1) is 17.2. The summed E-state index contributed by atoms with van der Waals surface area (Å²) in [7, 11) is 0.158. The third-order valence-corrected chi connectivity index (χ3v) is 4.87. The lowest BCUT2D eigenvalue weighted by molar-refractivity contribution is 0.395. The van der Waals surface area contributed by atoms with Gasteiger partial charge in [-0.2, -0.15) is 23.1 Å². The van der Waals surface area contributed by atoms with Crippen LogP contribution in [-0.2, 0) is 16.6 Å². The minimum absolute atomic E-state index is 0.193. The Kier molecular flexibility index (Phi) is 4.87. The normalized spacial score (nSPS) is 11.6. The Morgan fingerprint density at radius 3 is 2.20 bits per heavy atom. The number of benzene rings is 2. The summed E-state index contributed by atoms with van der Waals surface area (Å²) in [6.07, 6.45) is 0. The van der Waals surface area contributed by atoms with Gasteiger partial charge in [0.15, 0.2) is 0 Å². The molecule has 25 heavy (non-hydrogen) atoms. The fourth-order valence-corrected chi connectivity index (χ4v) is 3.47. The van der Waals surface area contributed by atoms with E-state index in [4.69, 9.17) is 0 Å². The Bertz CT molecular complexity index is 936. The van der Waals surface area contributed by atoms with Crippen molar-refractivity contribution in [3.05, 3.63) is 72.4 Å². The summed E-state index contributed by atoms with van der Waals surface area (Å²) in [6, 6.07) is 19.7. The summed E-state index contributed by atoms with van der Waals surface area (Å²) in [5.41, 5.74) is 2.35. The first-order valence-electron chi connectivity index (χ1n) is 7.83. The largest absolute Gasteiger partial charge is 0.304 e. The molecule has 0 unspecified atom stereocenters. The van der Waals surface area contributed by atoms with Gasteiger partial charge in [0.05, 0.1) is 16.3 Å². The van der Waals surface area contributed by atoms with Crippen LogP contribution in [0, 0.1) is 0 Å². The first-order chi connectivity index (χ1) is 12.0. The third-order valence-electron chi connectivity index (χ3n) is 3.57. The van der Waals surface area contributed by atoms with Crippen LogP contribution in [0.5, 0.6) is 0 Å². The molecule has 1 N–H and O–H groups in total. The van der Waals surface area contributed by atoms with Gasteiger partial charge in [0.2, 0.25) is 0 Å². The van der Waals surface area contributed by atoms with Crippen LogP contribution in [0.3, 0.4) is 0 Å². The Hall–Kier alpha value is -2.64. The molecular formula is C18H20N4O2S. The van der Waals surface area contributed by atoms with Crippen LogP contribution in [-0.4, -0.2) is 37.3 Å². The zero-order chi connectivity index (χ0) is 17.9. The maximum Gasteiger partial charge on any atom is 0.276 e. The van der Waals surface area contributed by atoms with Gasteiger partial charge in [-0.05, 0) is 32.3 Å². The molecule has 0 radical (unpaired) electrons. The molecule has 0 fully saturated rings. The fraction of sp³-hybridized carbons (Fsp3) is 0.167. The van der Waals surface area contributed by atoms with Crippen LogP contribution in [0.25, 0.3) is 11.3 Å². The van der Waals surface area contributed by atoms with Gasteiger partial charge in [-0.1, -0.05) is 48.5 Å². The third kappa shape index (κ3) is 4.07. The Morgan fingerprint density at radius 1 is 1.00 bits per heavy atom. The van der Waals surface area contributed by atoms with Crippen molar-refractivity contribution in [2.45, 2.75) is 11.4 Å². The predicted molar refractivity (Wildman–Crippen MR) is 98.0 cm³/mol. The molecule has 1 heterocycles. The highest BCUT2D eigenvalue weighted by molar-refractivity contribution is 7.92. The standard InChI is InChI=1S/C18H20N4O2S/c1-21(2)14-16-13-18(15-9-5-3-6-10-15)22(19-16)20-25(23,24)17-11-7-4-8-12-17/h3-13,20H,14H2,1-2H3. The van der Waals surface area contributed by atoms with Crippen molar-refractivity contribution in [1.82, 2.24) is 14.8 Å². The van der Waals surface area contributed by atoms with Gasteiger partial charge >= 0.3 is 0 Å². The van der Waals surface area contributed by atoms with Crippen LogP contribution < -0.4 is 4.83 Å². The highest BCUT2D eigenvalue weighted by Crippen LogP contribution is 2.21. The molecule has 0 bridgehead atoms. The number of nitrogens with one attached hydrogen (secondary N) is 1. The molecule has 0 aliphatic rings. The molecule has 3 rings (SSSR count). The maximum absolute atomic E-state index is 12.6. The van der Waals surface area contributed by atoms with Crippen LogP contribution in [0.1, 0.15) is 5.69 Å². The summed E-state index contributed by atoms with van der Waals surface area (Å²) < 4.78 is 25.3. The highest BCUT2D eigenvalue weighted by atomic mass is 32.2. The van der Waals surface area contributed by atoms with Crippen molar-refractivity contribution in [3.8, 4) is 11.3 Å². The minimum atomic E-state index is -3.72. The van der Waals surface area contributed by atoms with E-state index in [-0.39, 0.29) is 4.90 Å². The lowest BCUT2D eigenvalue weighted by Crippen LogP contribution is -2.25. The molecule has 0 saturated carbocycles. The van der Waals surface area contributed by atoms with E-state index in [2.05, 4.69) is 9.93 Å². The van der Waals surface area contributed by atoms with E-state index < -0.39 is 10.0 Å². The van der Waals surface area contributed by atoms with Gasteiger partial charge in [0.25, 0.3) is 10.0 Å². The molecule has 0 atom stereocenters. The minimum Gasteiger partial charge on any atom is -0.304 e. The van der Waals surface area contributed by atoms with E-state index in [0.29, 0.717) is 12.2 Å². The Morgan fingerprint density at radius 2 is 1.60 bits per heavy atom. The zero-order valence-electron chi connectivity index (χ0n) is 14.1. The van der Waals surface area contributed by atoms with Gasteiger partial charge in [-0.25, -0.2) is 0 Å². The molecule has 1 aromatic heterocycles. The number of hydrogen-bond donors (Lipinski definition) is 1. The van der Waals surface area contributed by atoms with Gasteiger partial charge in [-0.3, -0.25) is 0 Å². The van der Waals surface area contributed by atoms with E-state index in [0.717, 1.165) is 11.3 Å². The quantitative estimate of drug-likeness (QED) is 0.737. The molecule has 0 spiro atoms. The summed E-state index contributed by atoms with van der Waals surface area (Å²) in [4.78, 5) is 6.06. The smallest absolute Gasteiger partial charge is 0.276 e. The average molecular weight is 356 g/mol. The molecule has 0 amide bonds. The van der Waals surface area contributed by atoms with Gasteiger partial charge in [0, 0.05) is 12.1 Å². The van der Waals surface area contributed by atoms with Crippen molar-refractivity contribution in [2.24, 2.45) is 0 Å². The molecule has 0 aliphatic carbocycles. The lowest BCUT2D eigenvalue weighted by atomic mass is 10.1. The monoisotopic (exact) mass is 356 g/mol. The van der Waals surface area contributed by atoms with Crippen molar-refractivity contribution in [2.75, 3.05) is 18.9 Å². The number of hydrogen-bond acceptors (Lipinski definition) is 4. The molecule has 0 aliphatic heterocycles. The van der Waals surface area contributed by atoms with Crippen LogP contribution in [0.15, 0.2) is 71.6 Å². The van der Waals surface area contributed by atoms with E-state index in [1.807, 2.05) is 55.4 Å². The van der Waals surface area contributed by atoms with E-state index in [1.165, 1.54) is 4.79 Å². The first-order valence-corrected chi connectivity index (χ1v) is 9.31. The maximum atomic E-state index is 12.6. The van der Waals surface area contributed by atoms with Crippen LogP contribution in [0.2, 0.25) is 0 Å². The second-order valence-electron chi connectivity index (χ2n) is 5.94. The summed E-state index contributed by atoms with van der Waals surface area (Å²) in [6.45, 7) is 0.611. The SMILES string of the molecule is CN(C)Cc1cc(-c2ccccc2)n(NS(=O)(=O)c2ccccc2)n1. The second kappa shape index (κ2) is 7.08. The van der Waals surface area contributed by atoms with E-state index in [9.17, 15) is 8.42 Å². The second-order valence-corrected chi connectivity index (χ2v) is 7.61. The van der Waals surface area contributed by atoms with Gasteiger partial charge in [-0.15, -0.1) is 0 Å². The Balaban J connectivity index is 2.01. The average Bonchev–Trinajstić information content (AvgIpc) is 2.97. The van der Waals surface area contributed by atoms with Gasteiger partial charge in [0.1, 0.15) is 0 Å². The number of aromatic nitrogens is 2. The van der Waals surface area contributed by atoms with Gasteiger partial charge < -0.3 is 4.90 Å². The molecule has 130 valence electrons. The molecule has 2 aromatic carbocycles. The van der Waals surface area contributed by atoms with Crippen molar-refractivity contribution >= 4 is 10.0 Å². The molecule has 3 aromatic rings. The van der Waals surface area contributed by atoms with Crippen molar-refractivity contribution < 1.29 is 8.42 Å². The van der Waals surface area contributed by atoms with E-state index >= 15 is 0 Å². The topological polar surface area (TPSA) is 67.2 Å². The fourth-order valence-electron chi connectivity index (χ4n) is 2.48. The van der Waals surface area contributed by atoms with E-state index in [1.54, 1.807) is 30.3 Å². The van der Waals surface area contributed by atoms with Crippen molar-refractivity contribution in [3.63, 3.8) is 0 Å². The molecule has 6 nitrogen and oxygen atoms in total. The number of rotatable bonds is 6. The summed E-state index contributed by atoms with van der Waals surface area (Å²) >= 11 is 0. The van der Waals surface area contributed by atoms with Crippen LogP contribution >= 0.6 is 0 Å². The zero-order valence-corrected chi connectivity index (χ0v) is 14.9. The summed E-state index contributed by atoms with van der Waals surface area (Å²) in [5, 5.41) is 4.42. The molecule has 0 saturated heterocycles. The highest BCUT2D eigenvalue weighted by Gasteiger charge is 2.18. The Labute approximate surface area is 147 Å². The number of nitrogens with zero attached hydrogens (tertiary/aromatic N) is 3.